The van der Waals surface area contributed by atoms with Crippen LogP contribution in [0.5, 0.6) is 0 Å². The first-order chi connectivity index (χ1) is 16.3. The van der Waals surface area contributed by atoms with E-state index in [1.807, 2.05) is 17.0 Å². The zero-order valence-corrected chi connectivity index (χ0v) is 20.7. The van der Waals surface area contributed by atoms with Crippen LogP contribution in [0.1, 0.15) is 37.7 Å². The minimum absolute atomic E-state index is 0.125. The quantitative estimate of drug-likeness (QED) is 0.486. The monoisotopic (exact) mass is 502 g/mol. The van der Waals surface area contributed by atoms with Crippen molar-refractivity contribution in [3.63, 3.8) is 0 Å². The number of anilines is 2. The Morgan fingerprint density at radius 3 is 2.68 bits per heavy atom. The summed E-state index contributed by atoms with van der Waals surface area (Å²) >= 11 is 12.3. The number of nitrogens with zero attached hydrogens (tertiary/aromatic N) is 2. The minimum atomic E-state index is -0.268. The van der Waals surface area contributed by atoms with Gasteiger partial charge in [0.15, 0.2) is 0 Å². The van der Waals surface area contributed by atoms with Gasteiger partial charge in [-0.05, 0) is 79.3 Å². The van der Waals surface area contributed by atoms with Gasteiger partial charge in [-0.25, -0.2) is 4.79 Å². The van der Waals surface area contributed by atoms with E-state index in [1.165, 1.54) is 5.56 Å². The maximum absolute atomic E-state index is 13.5. The number of urea groups is 1. The van der Waals surface area contributed by atoms with E-state index >= 15 is 0 Å². The number of nitrogens with two attached hydrogens (primary N) is 1. The zero-order valence-electron chi connectivity index (χ0n) is 19.2. The third kappa shape index (κ3) is 5.01. The molecule has 2 aromatic rings. The van der Waals surface area contributed by atoms with E-state index in [4.69, 9.17) is 28.9 Å². The van der Waals surface area contributed by atoms with Crippen LogP contribution in [0, 0.1) is 5.92 Å². The fraction of sp³-hybridized carbons (Fsp3) is 0.500. The van der Waals surface area contributed by atoms with Gasteiger partial charge in [0.1, 0.15) is 0 Å². The second-order valence-electron chi connectivity index (χ2n) is 10.1. The Bertz CT molecular complexity index is 1050. The predicted molar refractivity (Wildman–Crippen MR) is 138 cm³/mol. The Morgan fingerprint density at radius 1 is 1.21 bits per heavy atom. The Labute approximate surface area is 211 Å². The normalized spacial score (nSPS) is 28.4. The molecule has 1 unspecified atom stereocenters. The molecule has 4 atom stereocenters. The Kier molecular flexibility index (Phi) is 6.68. The highest BCUT2D eigenvalue weighted by molar-refractivity contribution is 6.35. The average molecular weight is 503 g/mol. The molecular weight excluding hydrogens is 471 g/mol. The predicted octanol–water partition coefficient (Wildman–Crippen LogP) is 4.99. The number of carbonyl (C=O) groups is 1. The molecule has 2 aromatic carbocycles. The molecule has 5 rings (SSSR count). The summed E-state index contributed by atoms with van der Waals surface area (Å²) in [5.74, 6) is 0.567. The van der Waals surface area contributed by atoms with E-state index in [2.05, 4.69) is 22.3 Å². The van der Waals surface area contributed by atoms with Crippen molar-refractivity contribution in [2.75, 3.05) is 37.2 Å². The van der Waals surface area contributed by atoms with Crippen LogP contribution in [-0.4, -0.2) is 59.3 Å². The molecule has 1 saturated heterocycles. The lowest BCUT2D eigenvalue weighted by molar-refractivity contribution is 0.142. The molecule has 2 saturated carbocycles. The van der Waals surface area contributed by atoms with Crippen LogP contribution < -0.4 is 11.1 Å². The van der Waals surface area contributed by atoms with Crippen LogP contribution in [-0.2, 0) is 5.41 Å². The van der Waals surface area contributed by atoms with Crippen molar-refractivity contribution in [3.05, 3.63) is 58.1 Å². The Hall–Kier alpha value is -1.99. The van der Waals surface area contributed by atoms with Crippen molar-refractivity contribution < 1.29 is 9.90 Å². The van der Waals surface area contributed by atoms with Gasteiger partial charge in [0.05, 0.1) is 6.10 Å². The largest absolute Gasteiger partial charge is 0.399 e. The third-order valence-corrected chi connectivity index (χ3v) is 8.33. The number of aliphatic hydroxyl groups is 1. The highest BCUT2D eigenvalue weighted by Crippen LogP contribution is 2.63. The fourth-order valence-electron chi connectivity index (χ4n) is 6.03. The van der Waals surface area contributed by atoms with Crippen molar-refractivity contribution in [3.8, 4) is 0 Å². The molecule has 0 bridgehead atoms. The van der Waals surface area contributed by atoms with Gasteiger partial charge in [-0.1, -0.05) is 35.3 Å². The molecule has 8 heteroatoms. The van der Waals surface area contributed by atoms with Gasteiger partial charge < -0.3 is 21.1 Å². The molecule has 1 heterocycles. The summed E-state index contributed by atoms with van der Waals surface area (Å²) in [7, 11) is 0. The van der Waals surface area contributed by atoms with E-state index in [9.17, 15) is 9.90 Å². The molecule has 4 N–H and O–H groups in total. The van der Waals surface area contributed by atoms with Gasteiger partial charge in [0, 0.05) is 53.6 Å². The number of hydrogen-bond donors (Lipinski definition) is 3. The highest BCUT2D eigenvalue weighted by Gasteiger charge is 2.58. The Balaban J connectivity index is 1.30. The number of amides is 2. The molecular formula is C26H32Cl2N4O2. The van der Waals surface area contributed by atoms with Crippen LogP contribution in [0.4, 0.5) is 16.2 Å². The summed E-state index contributed by atoms with van der Waals surface area (Å²) in [6, 6.07) is 13.4. The second kappa shape index (κ2) is 9.57. The van der Waals surface area contributed by atoms with E-state index in [-0.39, 0.29) is 23.6 Å². The summed E-state index contributed by atoms with van der Waals surface area (Å²) < 4.78 is 0. The first-order valence-corrected chi connectivity index (χ1v) is 12.9. The number of carbonyl (C=O) groups excluding carboxylic acids is 1. The van der Waals surface area contributed by atoms with Gasteiger partial charge in [-0.2, -0.15) is 0 Å². The lowest BCUT2D eigenvalue weighted by Crippen LogP contribution is -2.48. The van der Waals surface area contributed by atoms with E-state index in [0.29, 0.717) is 34.7 Å². The molecule has 3 fully saturated rings. The molecule has 2 aliphatic carbocycles. The SMILES string of the molecule is Nc1cccc([C@@]23CC[C@@H](N(CCN4CC[C@@H](O)C4)C(=O)Nc4cc(Cl)cc(Cl)c4)CC2C3)c1. The second-order valence-corrected chi connectivity index (χ2v) is 11.0. The van der Waals surface area contributed by atoms with Gasteiger partial charge in [-0.15, -0.1) is 0 Å². The number of aliphatic hydroxyl groups excluding tert-OH is 1. The number of benzene rings is 2. The molecule has 6 nitrogen and oxygen atoms in total. The maximum atomic E-state index is 13.5. The number of fused-ring (bicyclic) bond motifs is 1. The number of nitrogens with one attached hydrogen (secondary N) is 1. The van der Waals surface area contributed by atoms with Crippen molar-refractivity contribution in [1.29, 1.82) is 0 Å². The molecule has 2 amide bonds. The van der Waals surface area contributed by atoms with Crippen molar-refractivity contribution in [2.24, 2.45) is 5.92 Å². The van der Waals surface area contributed by atoms with Gasteiger partial charge in [-0.3, -0.25) is 4.90 Å². The van der Waals surface area contributed by atoms with Gasteiger partial charge in [0.2, 0.25) is 0 Å². The van der Waals surface area contributed by atoms with Crippen LogP contribution in [0.15, 0.2) is 42.5 Å². The van der Waals surface area contributed by atoms with Crippen molar-refractivity contribution in [1.82, 2.24) is 9.80 Å². The molecule has 34 heavy (non-hydrogen) atoms. The lowest BCUT2D eigenvalue weighted by Gasteiger charge is -2.37. The van der Waals surface area contributed by atoms with Crippen LogP contribution in [0.2, 0.25) is 10.0 Å². The molecule has 0 spiro atoms. The van der Waals surface area contributed by atoms with Crippen molar-refractivity contribution >= 4 is 40.6 Å². The maximum Gasteiger partial charge on any atom is 0.322 e. The fourth-order valence-corrected chi connectivity index (χ4v) is 6.56. The van der Waals surface area contributed by atoms with Gasteiger partial charge >= 0.3 is 6.03 Å². The minimum Gasteiger partial charge on any atom is -0.399 e. The van der Waals surface area contributed by atoms with Crippen LogP contribution in [0.3, 0.4) is 0 Å². The third-order valence-electron chi connectivity index (χ3n) is 7.89. The lowest BCUT2D eigenvalue weighted by atomic mass is 9.80. The number of halogens is 2. The number of rotatable bonds is 6. The summed E-state index contributed by atoms with van der Waals surface area (Å²) in [5.41, 5.74) is 9.03. The standard InChI is InChI=1S/C26H32Cl2N4O2/c27-19-12-20(28)14-22(13-19)30-25(34)32(9-8-31-7-5-24(33)16-31)23-4-6-26(15-18(26)11-23)17-2-1-3-21(29)10-17/h1-3,10,12-14,18,23-24,33H,4-9,11,15-16,29H2,(H,30,34)/t18?,23-,24-,26+/m1/s1. The summed E-state index contributed by atoms with van der Waals surface area (Å²) in [6.07, 6.45) is 4.68. The average Bonchev–Trinajstić information content (AvgIpc) is 3.38. The molecule has 182 valence electrons. The number of likely N-dealkylation sites (tertiary alicyclic amines) is 1. The number of β-amino-alcohol motifs (C(OH)–C–C–N with tert-alkyl or cyclic N) is 1. The van der Waals surface area contributed by atoms with Crippen LogP contribution >= 0.6 is 23.2 Å². The number of nitrogen functional groups attached to an aromatic ring is 1. The highest BCUT2D eigenvalue weighted by atomic mass is 35.5. The molecule has 1 aliphatic heterocycles. The first kappa shape index (κ1) is 23.7. The van der Waals surface area contributed by atoms with E-state index in [0.717, 1.165) is 50.9 Å². The van der Waals surface area contributed by atoms with Crippen LogP contribution in [0.25, 0.3) is 0 Å². The smallest absolute Gasteiger partial charge is 0.322 e. The summed E-state index contributed by atoms with van der Waals surface area (Å²) in [5, 5.41) is 13.9. The van der Waals surface area contributed by atoms with Crippen molar-refractivity contribution in [2.45, 2.75) is 49.7 Å². The first-order valence-electron chi connectivity index (χ1n) is 12.1. The Morgan fingerprint density at radius 2 is 2.00 bits per heavy atom. The summed E-state index contributed by atoms with van der Waals surface area (Å²) in [4.78, 5) is 17.7. The zero-order chi connectivity index (χ0) is 23.9. The molecule has 0 aromatic heterocycles. The van der Waals surface area contributed by atoms with E-state index in [1.54, 1.807) is 18.2 Å². The molecule has 3 aliphatic rings. The summed E-state index contributed by atoms with van der Waals surface area (Å²) in [6.45, 7) is 2.91. The molecule has 0 radical (unpaired) electrons. The topological polar surface area (TPSA) is 81.8 Å². The van der Waals surface area contributed by atoms with E-state index < -0.39 is 0 Å². The van der Waals surface area contributed by atoms with Gasteiger partial charge in [0.25, 0.3) is 0 Å². The number of hydrogen-bond acceptors (Lipinski definition) is 4.